The van der Waals surface area contributed by atoms with Gasteiger partial charge in [-0.15, -0.1) is 0 Å². The summed E-state index contributed by atoms with van der Waals surface area (Å²) in [5.74, 6) is -2.32. The molecular formula is C14H13F3O3. The number of aliphatic carboxylic acids is 1. The largest absolute Gasteiger partial charge is 0.481 e. The number of carboxylic acids is 1. The summed E-state index contributed by atoms with van der Waals surface area (Å²) in [4.78, 5) is 22.6. The maximum atomic E-state index is 12.5. The van der Waals surface area contributed by atoms with E-state index in [2.05, 4.69) is 0 Å². The Morgan fingerprint density at radius 3 is 2.30 bits per heavy atom. The van der Waals surface area contributed by atoms with Crippen molar-refractivity contribution in [2.75, 3.05) is 0 Å². The molecule has 0 radical (unpaired) electrons. The van der Waals surface area contributed by atoms with E-state index in [1.54, 1.807) is 0 Å². The highest BCUT2D eigenvalue weighted by Gasteiger charge is 2.36. The SMILES string of the molecule is O=C1CC[C@@H](C(=O)O)[C@H](c2ccc(C(F)(F)F)cc2)C1. The number of hydrogen-bond donors (Lipinski definition) is 1. The average Bonchev–Trinajstić information content (AvgIpc) is 2.37. The molecule has 1 fully saturated rings. The van der Waals surface area contributed by atoms with E-state index in [9.17, 15) is 22.8 Å². The lowest BCUT2D eigenvalue weighted by atomic mass is 9.75. The molecule has 1 aliphatic rings. The normalized spacial score (nSPS) is 23.6. The first-order chi connectivity index (χ1) is 9.29. The molecule has 3 nitrogen and oxygen atoms in total. The van der Waals surface area contributed by atoms with Gasteiger partial charge >= 0.3 is 12.1 Å². The smallest absolute Gasteiger partial charge is 0.416 e. The maximum absolute atomic E-state index is 12.5. The zero-order valence-electron chi connectivity index (χ0n) is 10.5. The fourth-order valence-corrected chi connectivity index (χ4v) is 2.57. The second-order valence-electron chi connectivity index (χ2n) is 4.95. The van der Waals surface area contributed by atoms with E-state index < -0.39 is 29.5 Å². The molecular weight excluding hydrogens is 273 g/mol. The van der Waals surface area contributed by atoms with Crippen molar-refractivity contribution in [2.45, 2.75) is 31.4 Å². The molecule has 0 spiro atoms. The highest BCUT2D eigenvalue weighted by Crippen LogP contribution is 2.38. The van der Waals surface area contributed by atoms with E-state index >= 15 is 0 Å². The fourth-order valence-electron chi connectivity index (χ4n) is 2.57. The van der Waals surface area contributed by atoms with Gasteiger partial charge in [-0.3, -0.25) is 9.59 Å². The summed E-state index contributed by atoms with van der Waals surface area (Å²) >= 11 is 0. The monoisotopic (exact) mass is 286 g/mol. The first kappa shape index (κ1) is 14.6. The van der Waals surface area contributed by atoms with Crippen molar-refractivity contribution >= 4 is 11.8 Å². The van der Waals surface area contributed by atoms with E-state index in [4.69, 9.17) is 5.11 Å². The van der Waals surface area contributed by atoms with Crippen LogP contribution in [0.1, 0.15) is 36.3 Å². The molecule has 0 aliphatic heterocycles. The zero-order valence-corrected chi connectivity index (χ0v) is 10.5. The van der Waals surface area contributed by atoms with Crippen LogP contribution in [0.25, 0.3) is 0 Å². The van der Waals surface area contributed by atoms with Crippen molar-refractivity contribution in [3.8, 4) is 0 Å². The molecule has 20 heavy (non-hydrogen) atoms. The number of rotatable bonds is 2. The number of benzene rings is 1. The van der Waals surface area contributed by atoms with Gasteiger partial charge in [-0.2, -0.15) is 13.2 Å². The van der Waals surface area contributed by atoms with Crippen LogP contribution >= 0.6 is 0 Å². The first-order valence-electron chi connectivity index (χ1n) is 6.20. The number of carbonyl (C=O) groups excluding carboxylic acids is 1. The Balaban J connectivity index is 2.28. The van der Waals surface area contributed by atoms with Gasteiger partial charge in [0.1, 0.15) is 5.78 Å². The Kier molecular flexibility index (Phi) is 3.83. The van der Waals surface area contributed by atoms with Crippen molar-refractivity contribution in [2.24, 2.45) is 5.92 Å². The van der Waals surface area contributed by atoms with Crippen molar-refractivity contribution in [1.29, 1.82) is 0 Å². The second kappa shape index (κ2) is 5.26. The van der Waals surface area contributed by atoms with Crippen LogP contribution in [0.5, 0.6) is 0 Å². The summed E-state index contributed by atoms with van der Waals surface area (Å²) in [5.41, 5.74) is -0.311. The van der Waals surface area contributed by atoms with Crippen LogP contribution in [0, 0.1) is 5.92 Å². The summed E-state index contributed by atoms with van der Waals surface area (Å²) < 4.78 is 37.4. The van der Waals surface area contributed by atoms with Crippen molar-refractivity contribution in [3.63, 3.8) is 0 Å². The lowest BCUT2D eigenvalue weighted by Gasteiger charge is -2.28. The fraction of sp³-hybridized carbons (Fsp3) is 0.429. The molecule has 1 saturated carbocycles. The molecule has 108 valence electrons. The van der Waals surface area contributed by atoms with Gasteiger partial charge in [0.2, 0.25) is 0 Å². The first-order valence-corrected chi connectivity index (χ1v) is 6.20. The van der Waals surface area contributed by atoms with Gasteiger partial charge in [-0.05, 0) is 24.1 Å². The van der Waals surface area contributed by atoms with E-state index in [0.29, 0.717) is 5.56 Å². The molecule has 0 amide bonds. The quantitative estimate of drug-likeness (QED) is 0.908. The number of carboxylic acid groups (broad SMARTS) is 1. The summed E-state index contributed by atoms with van der Waals surface area (Å²) in [6.45, 7) is 0. The van der Waals surface area contributed by atoms with E-state index in [1.807, 2.05) is 0 Å². The van der Waals surface area contributed by atoms with Gasteiger partial charge in [0, 0.05) is 18.8 Å². The molecule has 0 aromatic heterocycles. The number of carbonyl (C=O) groups is 2. The Bertz CT molecular complexity index is 519. The Morgan fingerprint density at radius 1 is 1.20 bits per heavy atom. The zero-order chi connectivity index (χ0) is 14.9. The summed E-state index contributed by atoms with van der Waals surface area (Å²) in [5, 5.41) is 9.15. The predicted molar refractivity (Wildman–Crippen MR) is 64.2 cm³/mol. The minimum absolute atomic E-state index is 0.0487. The molecule has 2 atom stereocenters. The molecule has 1 aromatic carbocycles. The Morgan fingerprint density at radius 2 is 1.80 bits per heavy atom. The van der Waals surface area contributed by atoms with Gasteiger partial charge in [-0.25, -0.2) is 0 Å². The molecule has 0 unspecified atom stereocenters. The Labute approximate surface area is 113 Å². The number of Topliss-reactive ketones (excluding diaryl/α,β-unsaturated/α-hetero) is 1. The summed E-state index contributed by atoms with van der Waals surface area (Å²) in [6.07, 6.45) is -3.90. The van der Waals surface area contributed by atoms with Crippen LogP contribution in [0.15, 0.2) is 24.3 Å². The van der Waals surface area contributed by atoms with Gasteiger partial charge in [0.15, 0.2) is 0 Å². The van der Waals surface area contributed by atoms with Crippen molar-refractivity contribution < 1.29 is 27.9 Å². The molecule has 0 heterocycles. The summed E-state index contributed by atoms with van der Waals surface area (Å²) in [7, 11) is 0. The molecule has 0 saturated heterocycles. The average molecular weight is 286 g/mol. The number of alkyl halides is 3. The third kappa shape index (κ3) is 3.00. The maximum Gasteiger partial charge on any atom is 0.416 e. The van der Waals surface area contributed by atoms with Gasteiger partial charge < -0.3 is 5.11 Å². The second-order valence-corrected chi connectivity index (χ2v) is 4.95. The van der Waals surface area contributed by atoms with Crippen molar-refractivity contribution in [1.82, 2.24) is 0 Å². The van der Waals surface area contributed by atoms with Gasteiger partial charge in [0.25, 0.3) is 0 Å². The third-order valence-corrected chi connectivity index (χ3v) is 3.65. The van der Waals surface area contributed by atoms with Gasteiger partial charge in [0.05, 0.1) is 11.5 Å². The van der Waals surface area contributed by atoms with Crippen LogP contribution < -0.4 is 0 Å². The van der Waals surface area contributed by atoms with Crippen LogP contribution in [0.2, 0.25) is 0 Å². The number of halogens is 3. The molecule has 1 N–H and O–H groups in total. The van der Waals surface area contributed by atoms with Crippen LogP contribution in [0.3, 0.4) is 0 Å². The highest BCUT2D eigenvalue weighted by atomic mass is 19.4. The van der Waals surface area contributed by atoms with Crippen LogP contribution in [-0.4, -0.2) is 16.9 Å². The highest BCUT2D eigenvalue weighted by molar-refractivity contribution is 5.83. The topological polar surface area (TPSA) is 54.4 Å². The van der Waals surface area contributed by atoms with Crippen molar-refractivity contribution in [3.05, 3.63) is 35.4 Å². The lowest BCUT2D eigenvalue weighted by Crippen LogP contribution is -2.29. The minimum atomic E-state index is -4.42. The molecule has 0 bridgehead atoms. The van der Waals surface area contributed by atoms with E-state index in [-0.39, 0.29) is 25.0 Å². The minimum Gasteiger partial charge on any atom is -0.481 e. The third-order valence-electron chi connectivity index (χ3n) is 3.65. The van der Waals surface area contributed by atoms with E-state index in [1.165, 1.54) is 12.1 Å². The summed E-state index contributed by atoms with van der Waals surface area (Å²) in [6, 6.07) is 4.38. The van der Waals surface area contributed by atoms with E-state index in [0.717, 1.165) is 12.1 Å². The van der Waals surface area contributed by atoms with Crippen LogP contribution in [-0.2, 0) is 15.8 Å². The van der Waals surface area contributed by atoms with Gasteiger partial charge in [-0.1, -0.05) is 12.1 Å². The molecule has 1 aromatic rings. The standard InChI is InChI=1S/C14H13F3O3/c15-14(16,17)9-3-1-8(2-4-9)12-7-10(18)5-6-11(12)13(19)20/h1-4,11-12H,5-7H2,(H,19,20)/t11-,12+/m1/s1. The molecule has 1 aliphatic carbocycles. The predicted octanol–water partition coefficient (Wildman–Crippen LogP) is 3.24. The number of ketones is 1. The van der Waals surface area contributed by atoms with Crippen LogP contribution in [0.4, 0.5) is 13.2 Å². The number of hydrogen-bond acceptors (Lipinski definition) is 2. The molecule has 2 rings (SSSR count). The lowest BCUT2D eigenvalue weighted by molar-refractivity contribution is -0.144. The molecule has 6 heteroatoms. The Hall–Kier alpha value is -1.85.